The van der Waals surface area contributed by atoms with Gasteiger partial charge < -0.3 is 14.8 Å². The van der Waals surface area contributed by atoms with Crippen molar-refractivity contribution in [2.24, 2.45) is 0 Å². The van der Waals surface area contributed by atoms with Crippen LogP contribution in [0.1, 0.15) is 23.7 Å². The van der Waals surface area contributed by atoms with E-state index in [2.05, 4.69) is 10.0 Å². The SMILES string of the molecule is CCCOc1c(Cl)cc(C(=O)Nc2ccc(S(=O)(=O)NC)cc2)cc1OC. The third-order valence-corrected chi connectivity index (χ3v) is 5.34. The van der Waals surface area contributed by atoms with Crippen molar-refractivity contribution >= 4 is 33.2 Å². The van der Waals surface area contributed by atoms with E-state index in [0.717, 1.165) is 6.42 Å². The van der Waals surface area contributed by atoms with Crippen molar-refractivity contribution < 1.29 is 22.7 Å². The van der Waals surface area contributed by atoms with E-state index in [1.54, 1.807) is 0 Å². The first kappa shape index (κ1) is 21.0. The first-order chi connectivity index (χ1) is 12.8. The minimum Gasteiger partial charge on any atom is -0.493 e. The molecule has 0 spiro atoms. The predicted molar refractivity (Wildman–Crippen MR) is 104 cm³/mol. The highest BCUT2D eigenvalue weighted by atomic mass is 35.5. The van der Waals surface area contributed by atoms with Gasteiger partial charge in [0.1, 0.15) is 0 Å². The van der Waals surface area contributed by atoms with E-state index in [9.17, 15) is 13.2 Å². The fourth-order valence-electron chi connectivity index (χ4n) is 2.23. The van der Waals surface area contributed by atoms with Crippen molar-refractivity contribution in [1.82, 2.24) is 4.72 Å². The van der Waals surface area contributed by atoms with Crippen molar-refractivity contribution in [2.75, 3.05) is 26.1 Å². The molecular weight excluding hydrogens is 392 g/mol. The second kappa shape index (κ2) is 9.07. The molecule has 0 atom stereocenters. The number of nitrogens with one attached hydrogen (secondary N) is 2. The fourth-order valence-corrected chi connectivity index (χ4v) is 3.23. The number of methoxy groups -OCH3 is 1. The number of anilines is 1. The Bertz CT molecular complexity index is 914. The summed E-state index contributed by atoms with van der Waals surface area (Å²) >= 11 is 6.22. The Morgan fingerprint density at radius 1 is 1.19 bits per heavy atom. The molecule has 0 aliphatic rings. The summed E-state index contributed by atoms with van der Waals surface area (Å²) in [5.74, 6) is 0.331. The highest BCUT2D eigenvalue weighted by molar-refractivity contribution is 7.89. The molecule has 9 heteroatoms. The Hall–Kier alpha value is -2.29. The zero-order chi connectivity index (χ0) is 20.0. The maximum atomic E-state index is 12.5. The van der Waals surface area contributed by atoms with Crippen LogP contribution < -0.4 is 19.5 Å². The molecule has 0 aromatic heterocycles. The van der Waals surface area contributed by atoms with Gasteiger partial charge in [0, 0.05) is 11.3 Å². The van der Waals surface area contributed by atoms with Crippen molar-refractivity contribution in [3.05, 3.63) is 47.0 Å². The van der Waals surface area contributed by atoms with E-state index in [1.807, 2.05) is 6.92 Å². The van der Waals surface area contributed by atoms with Crippen LogP contribution in [0, 0.1) is 0 Å². The normalized spacial score (nSPS) is 11.1. The predicted octanol–water partition coefficient (Wildman–Crippen LogP) is 3.30. The van der Waals surface area contributed by atoms with Crippen molar-refractivity contribution in [2.45, 2.75) is 18.2 Å². The number of ether oxygens (including phenoxy) is 2. The van der Waals surface area contributed by atoms with Crippen LogP contribution in [0.3, 0.4) is 0 Å². The molecule has 0 radical (unpaired) electrons. The molecule has 0 heterocycles. The number of halogens is 1. The summed E-state index contributed by atoms with van der Waals surface area (Å²) in [4.78, 5) is 12.6. The minimum atomic E-state index is -3.53. The van der Waals surface area contributed by atoms with E-state index in [1.165, 1.54) is 50.6 Å². The summed E-state index contributed by atoms with van der Waals surface area (Å²) in [7, 11) is -0.739. The fraction of sp³-hybridized carbons (Fsp3) is 0.278. The molecular formula is C18H21ClN2O5S. The van der Waals surface area contributed by atoms with Gasteiger partial charge in [0.15, 0.2) is 11.5 Å². The molecule has 0 fully saturated rings. The third kappa shape index (κ3) is 5.12. The van der Waals surface area contributed by atoms with Crippen LogP contribution in [0.2, 0.25) is 5.02 Å². The number of carbonyl (C=O) groups is 1. The standard InChI is InChI=1S/C18H21ClN2O5S/c1-4-9-26-17-15(19)10-12(11-16(17)25-3)18(22)21-13-5-7-14(8-6-13)27(23,24)20-2/h5-8,10-11,20H,4,9H2,1-3H3,(H,21,22). The smallest absolute Gasteiger partial charge is 0.255 e. The zero-order valence-corrected chi connectivity index (χ0v) is 16.8. The summed E-state index contributed by atoms with van der Waals surface area (Å²) in [5, 5.41) is 2.95. The molecule has 0 saturated heterocycles. The first-order valence-corrected chi connectivity index (χ1v) is 10.0. The van der Waals surface area contributed by atoms with E-state index in [0.29, 0.717) is 23.8 Å². The Morgan fingerprint density at radius 3 is 2.41 bits per heavy atom. The van der Waals surface area contributed by atoms with Gasteiger partial charge in [0.25, 0.3) is 5.91 Å². The highest BCUT2D eigenvalue weighted by Gasteiger charge is 2.17. The molecule has 0 aliphatic carbocycles. The van der Waals surface area contributed by atoms with Crippen molar-refractivity contribution in [3.8, 4) is 11.5 Å². The van der Waals surface area contributed by atoms with Gasteiger partial charge in [-0.15, -0.1) is 0 Å². The molecule has 27 heavy (non-hydrogen) atoms. The van der Waals surface area contributed by atoms with Gasteiger partial charge >= 0.3 is 0 Å². The summed E-state index contributed by atoms with van der Waals surface area (Å²) in [6.07, 6.45) is 0.807. The molecule has 0 bridgehead atoms. The van der Waals surface area contributed by atoms with Gasteiger partial charge in [-0.1, -0.05) is 18.5 Å². The molecule has 7 nitrogen and oxygen atoms in total. The van der Waals surface area contributed by atoms with Gasteiger partial charge in [0.2, 0.25) is 10.0 Å². The highest BCUT2D eigenvalue weighted by Crippen LogP contribution is 2.36. The zero-order valence-electron chi connectivity index (χ0n) is 15.2. The number of amides is 1. The molecule has 146 valence electrons. The molecule has 0 saturated carbocycles. The average molecular weight is 413 g/mol. The van der Waals surface area contributed by atoms with E-state index >= 15 is 0 Å². The third-order valence-electron chi connectivity index (χ3n) is 3.63. The second-order valence-electron chi connectivity index (χ2n) is 5.52. The van der Waals surface area contributed by atoms with E-state index in [-0.39, 0.29) is 15.5 Å². The van der Waals surface area contributed by atoms with Gasteiger partial charge in [-0.2, -0.15) is 0 Å². The molecule has 2 aromatic rings. The lowest BCUT2D eigenvalue weighted by atomic mass is 10.1. The monoisotopic (exact) mass is 412 g/mol. The summed E-state index contributed by atoms with van der Waals surface area (Å²) in [6.45, 7) is 2.44. The van der Waals surface area contributed by atoms with Crippen LogP contribution in [0.4, 0.5) is 5.69 Å². The quantitative estimate of drug-likeness (QED) is 0.693. The van der Waals surface area contributed by atoms with Gasteiger partial charge in [-0.25, -0.2) is 13.1 Å². The number of hydrogen-bond acceptors (Lipinski definition) is 5. The van der Waals surface area contributed by atoms with Crippen LogP contribution >= 0.6 is 11.6 Å². The van der Waals surface area contributed by atoms with Crippen LogP contribution in [-0.4, -0.2) is 35.1 Å². The van der Waals surface area contributed by atoms with Crippen molar-refractivity contribution in [3.63, 3.8) is 0 Å². The van der Waals surface area contributed by atoms with Crippen molar-refractivity contribution in [1.29, 1.82) is 0 Å². The number of carbonyl (C=O) groups excluding carboxylic acids is 1. The van der Waals surface area contributed by atoms with E-state index in [4.69, 9.17) is 21.1 Å². The Labute approximate surface area is 163 Å². The maximum absolute atomic E-state index is 12.5. The Morgan fingerprint density at radius 2 is 1.85 bits per heavy atom. The lowest BCUT2D eigenvalue weighted by Crippen LogP contribution is -2.18. The lowest BCUT2D eigenvalue weighted by Gasteiger charge is -2.14. The van der Waals surface area contributed by atoms with Gasteiger partial charge in [0.05, 0.1) is 23.6 Å². The molecule has 2 rings (SSSR count). The molecule has 1 amide bonds. The number of sulfonamides is 1. The number of rotatable bonds is 8. The van der Waals surface area contributed by atoms with Crippen LogP contribution in [0.25, 0.3) is 0 Å². The topological polar surface area (TPSA) is 93.7 Å². The van der Waals surface area contributed by atoms with Gasteiger partial charge in [-0.3, -0.25) is 4.79 Å². The minimum absolute atomic E-state index is 0.102. The molecule has 2 aromatic carbocycles. The molecule has 0 aliphatic heterocycles. The lowest BCUT2D eigenvalue weighted by molar-refractivity contribution is 0.102. The first-order valence-electron chi connectivity index (χ1n) is 8.17. The Balaban J connectivity index is 2.22. The van der Waals surface area contributed by atoms with E-state index < -0.39 is 15.9 Å². The second-order valence-corrected chi connectivity index (χ2v) is 7.82. The van der Waals surface area contributed by atoms with Crippen LogP contribution in [-0.2, 0) is 10.0 Å². The van der Waals surface area contributed by atoms with Gasteiger partial charge in [-0.05, 0) is 49.9 Å². The number of benzene rings is 2. The Kier molecular flexibility index (Phi) is 7.06. The number of hydrogen-bond donors (Lipinski definition) is 2. The average Bonchev–Trinajstić information content (AvgIpc) is 2.66. The molecule has 0 unspecified atom stereocenters. The summed E-state index contributed by atoms with van der Waals surface area (Å²) in [6, 6.07) is 8.82. The molecule has 2 N–H and O–H groups in total. The van der Waals surface area contributed by atoms with Crippen LogP contribution in [0.5, 0.6) is 11.5 Å². The summed E-state index contributed by atoms with van der Waals surface area (Å²) in [5.41, 5.74) is 0.726. The largest absolute Gasteiger partial charge is 0.493 e. The van der Waals surface area contributed by atoms with Crippen LogP contribution in [0.15, 0.2) is 41.3 Å². The maximum Gasteiger partial charge on any atom is 0.255 e. The summed E-state index contributed by atoms with van der Waals surface area (Å²) < 4.78 is 36.5.